The van der Waals surface area contributed by atoms with Crippen LogP contribution < -0.4 is 0 Å². The van der Waals surface area contributed by atoms with Gasteiger partial charge in [-0.3, -0.25) is 0 Å². The minimum Gasteiger partial charge on any atom is -0.396 e. The van der Waals surface area contributed by atoms with Crippen molar-refractivity contribution in [2.45, 2.75) is 91.6 Å². The molecule has 0 spiro atoms. The van der Waals surface area contributed by atoms with E-state index >= 15 is 0 Å². The van der Waals surface area contributed by atoms with Crippen LogP contribution in [0, 0.1) is 46.3 Å². The quantitative estimate of drug-likeness (QED) is 0.562. The predicted molar refractivity (Wildman–Crippen MR) is 120 cm³/mol. The number of aliphatic hydroxyl groups excluding tert-OH is 2. The predicted octanol–water partition coefficient (Wildman–Crippen LogP) is 6.14. The molecule has 164 valence electrons. The van der Waals surface area contributed by atoms with Gasteiger partial charge < -0.3 is 10.2 Å². The van der Waals surface area contributed by atoms with Gasteiger partial charge in [0.05, 0.1) is 6.10 Å². The molecule has 2 heteroatoms. The number of hydrogen-bond acceptors (Lipinski definition) is 2. The van der Waals surface area contributed by atoms with Crippen LogP contribution in [0.2, 0.25) is 0 Å². The number of allylic oxidation sites excluding steroid dienone is 3. The highest BCUT2D eigenvalue weighted by Gasteiger charge is 2.58. The lowest BCUT2D eigenvalue weighted by molar-refractivity contribution is -0.0300. The van der Waals surface area contributed by atoms with E-state index in [9.17, 15) is 10.2 Å². The van der Waals surface area contributed by atoms with Gasteiger partial charge in [-0.25, -0.2) is 0 Å². The molecular formula is C27H44O2. The van der Waals surface area contributed by atoms with Gasteiger partial charge in [-0.2, -0.15) is 0 Å². The molecule has 0 aromatic heterocycles. The maximum atomic E-state index is 10.1. The summed E-state index contributed by atoms with van der Waals surface area (Å²) in [6, 6.07) is 0. The van der Waals surface area contributed by atoms with E-state index in [2.05, 4.69) is 45.9 Å². The fourth-order valence-corrected chi connectivity index (χ4v) is 8.20. The number of rotatable bonds is 6. The van der Waals surface area contributed by atoms with E-state index in [0.29, 0.717) is 17.9 Å². The summed E-state index contributed by atoms with van der Waals surface area (Å²) in [5, 5.41) is 19.5. The lowest BCUT2D eigenvalue weighted by Gasteiger charge is -2.57. The van der Waals surface area contributed by atoms with Gasteiger partial charge >= 0.3 is 0 Å². The first-order valence-corrected chi connectivity index (χ1v) is 12.5. The molecule has 0 aliphatic heterocycles. The van der Waals surface area contributed by atoms with E-state index in [-0.39, 0.29) is 11.5 Å². The minimum atomic E-state index is -0.238. The number of fused-ring (bicyclic) bond motifs is 5. The highest BCUT2D eigenvalue weighted by molar-refractivity contribution is 5.36. The van der Waals surface area contributed by atoms with E-state index in [0.717, 1.165) is 42.4 Å². The van der Waals surface area contributed by atoms with Crippen LogP contribution in [-0.4, -0.2) is 22.9 Å². The van der Waals surface area contributed by atoms with Gasteiger partial charge in [0.25, 0.3) is 0 Å². The van der Waals surface area contributed by atoms with E-state index in [1.807, 2.05) is 0 Å². The van der Waals surface area contributed by atoms with Crippen LogP contribution in [0.5, 0.6) is 0 Å². The van der Waals surface area contributed by atoms with Crippen molar-refractivity contribution in [2.75, 3.05) is 6.61 Å². The molecule has 2 fully saturated rings. The molecule has 4 aliphatic rings. The molecule has 0 aromatic carbocycles. The van der Waals surface area contributed by atoms with Crippen molar-refractivity contribution < 1.29 is 10.2 Å². The van der Waals surface area contributed by atoms with Crippen LogP contribution in [0.15, 0.2) is 23.8 Å². The van der Waals surface area contributed by atoms with Crippen molar-refractivity contribution in [3.8, 4) is 0 Å². The van der Waals surface area contributed by atoms with Crippen molar-refractivity contribution in [3.05, 3.63) is 23.8 Å². The van der Waals surface area contributed by atoms with Crippen LogP contribution in [0.25, 0.3) is 0 Å². The van der Waals surface area contributed by atoms with Crippen LogP contribution in [0.3, 0.4) is 0 Å². The van der Waals surface area contributed by atoms with Gasteiger partial charge in [0, 0.05) is 6.61 Å². The molecule has 0 saturated heterocycles. The zero-order valence-electron chi connectivity index (χ0n) is 19.2. The Morgan fingerprint density at radius 3 is 2.59 bits per heavy atom. The van der Waals surface area contributed by atoms with Gasteiger partial charge in [-0.15, -0.1) is 0 Å². The van der Waals surface area contributed by atoms with E-state index in [4.69, 9.17) is 0 Å². The fourth-order valence-electron chi connectivity index (χ4n) is 8.20. The molecule has 0 bridgehead atoms. The third kappa shape index (κ3) is 3.67. The van der Waals surface area contributed by atoms with Crippen LogP contribution in [0.4, 0.5) is 0 Å². The molecular weight excluding hydrogens is 356 g/mol. The SMILES string of the molecule is CC(CO)CCCC(C)[C@H]1CCC2C3C=CC4=CC(O)CC[C@]4(C)C3CC[C@@]21C. The zero-order valence-corrected chi connectivity index (χ0v) is 19.2. The first kappa shape index (κ1) is 21.6. The van der Waals surface area contributed by atoms with Crippen molar-refractivity contribution in [2.24, 2.45) is 46.3 Å². The number of hydrogen-bond donors (Lipinski definition) is 2. The average Bonchev–Trinajstić information content (AvgIpc) is 3.05. The first-order valence-electron chi connectivity index (χ1n) is 12.5. The Balaban J connectivity index is 1.48. The summed E-state index contributed by atoms with van der Waals surface area (Å²) >= 11 is 0. The monoisotopic (exact) mass is 400 g/mol. The van der Waals surface area contributed by atoms with Crippen molar-refractivity contribution in [3.63, 3.8) is 0 Å². The Morgan fingerprint density at radius 1 is 1.03 bits per heavy atom. The lowest BCUT2D eigenvalue weighted by atomic mass is 9.48. The van der Waals surface area contributed by atoms with Gasteiger partial charge in [0.15, 0.2) is 0 Å². The summed E-state index contributed by atoms with van der Waals surface area (Å²) in [6.45, 7) is 10.1. The maximum absolute atomic E-state index is 10.1. The standard InChI is InChI=1S/C27H44O2/c1-18(17-28)6-5-7-19(2)23-10-11-24-22-9-8-20-16-21(29)12-14-26(20,3)25(22)13-15-27(23,24)4/h8-9,16,18-19,21-25,28-29H,5-7,10-15,17H2,1-4H3/t18?,19?,21?,22?,23-,24?,25?,26+,27-/m1/s1. The summed E-state index contributed by atoms with van der Waals surface area (Å²) in [6.07, 6.45) is 18.3. The summed E-state index contributed by atoms with van der Waals surface area (Å²) < 4.78 is 0. The Hall–Kier alpha value is -0.600. The average molecular weight is 401 g/mol. The van der Waals surface area contributed by atoms with E-state index in [1.54, 1.807) is 0 Å². The fraction of sp³-hybridized carbons (Fsp3) is 0.852. The Bertz CT molecular complexity index is 651. The van der Waals surface area contributed by atoms with E-state index in [1.165, 1.54) is 50.5 Å². The highest BCUT2D eigenvalue weighted by Crippen LogP contribution is 2.66. The molecule has 4 aliphatic carbocycles. The summed E-state index contributed by atoms with van der Waals surface area (Å²) in [5.74, 6) is 4.46. The molecule has 2 N–H and O–H groups in total. The van der Waals surface area contributed by atoms with Gasteiger partial charge in [-0.05, 0) is 96.9 Å². The second-order valence-electron chi connectivity index (χ2n) is 11.7. The van der Waals surface area contributed by atoms with Crippen LogP contribution in [0.1, 0.15) is 85.5 Å². The molecule has 6 unspecified atom stereocenters. The van der Waals surface area contributed by atoms with Gasteiger partial charge in [-0.1, -0.05) is 58.8 Å². The zero-order chi connectivity index (χ0) is 20.8. The summed E-state index contributed by atoms with van der Waals surface area (Å²) in [4.78, 5) is 0. The van der Waals surface area contributed by atoms with E-state index < -0.39 is 0 Å². The first-order chi connectivity index (χ1) is 13.8. The number of aliphatic hydroxyl groups is 2. The molecule has 9 atom stereocenters. The van der Waals surface area contributed by atoms with Gasteiger partial charge in [0.2, 0.25) is 0 Å². The molecule has 2 saturated carbocycles. The summed E-state index contributed by atoms with van der Waals surface area (Å²) in [7, 11) is 0. The van der Waals surface area contributed by atoms with Crippen molar-refractivity contribution >= 4 is 0 Å². The van der Waals surface area contributed by atoms with Crippen molar-refractivity contribution in [1.82, 2.24) is 0 Å². The molecule has 0 heterocycles. The normalized spacial score (nSPS) is 45.7. The minimum absolute atomic E-state index is 0.238. The van der Waals surface area contributed by atoms with Gasteiger partial charge in [0.1, 0.15) is 0 Å². The highest BCUT2D eigenvalue weighted by atomic mass is 16.3. The lowest BCUT2D eigenvalue weighted by Crippen LogP contribution is -2.49. The van der Waals surface area contributed by atoms with Crippen molar-refractivity contribution in [1.29, 1.82) is 0 Å². The Labute approximate surface area is 178 Å². The molecule has 29 heavy (non-hydrogen) atoms. The second kappa shape index (κ2) is 8.15. The molecule has 0 aromatic rings. The molecule has 0 amide bonds. The topological polar surface area (TPSA) is 40.5 Å². The van der Waals surface area contributed by atoms with Crippen LogP contribution in [-0.2, 0) is 0 Å². The smallest absolute Gasteiger partial charge is 0.0727 e. The largest absolute Gasteiger partial charge is 0.396 e. The third-order valence-electron chi connectivity index (χ3n) is 10.1. The molecule has 4 rings (SSSR count). The summed E-state index contributed by atoms with van der Waals surface area (Å²) in [5.41, 5.74) is 2.20. The Morgan fingerprint density at radius 2 is 1.83 bits per heavy atom. The Kier molecular flexibility index (Phi) is 6.08. The maximum Gasteiger partial charge on any atom is 0.0727 e. The third-order valence-corrected chi connectivity index (χ3v) is 10.1. The molecule has 0 radical (unpaired) electrons. The molecule has 2 nitrogen and oxygen atoms in total. The second-order valence-corrected chi connectivity index (χ2v) is 11.7. The van der Waals surface area contributed by atoms with Crippen LogP contribution >= 0.6 is 0 Å².